The second-order valence-electron chi connectivity index (χ2n) is 6.34. The number of nitrogens with zero attached hydrogens (tertiary/aromatic N) is 2. The first-order chi connectivity index (χ1) is 12.1. The van der Waals surface area contributed by atoms with Gasteiger partial charge in [-0.2, -0.15) is 0 Å². The van der Waals surface area contributed by atoms with Gasteiger partial charge in [0.05, 0.1) is 13.7 Å². The number of imide groups is 2. The molecule has 132 valence electrons. The summed E-state index contributed by atoms with van der Waals surface area (Å²) in [4.78, 5) is 39.0. The molecule has 1 aromatic rings. The predicted octanol–water partition coefficient (Wildman–Crippen LogP) is 2.88. The Morgan fingerprint density at radius 2 is 1.88 bits per heavy atom. The molecule has 0 spiro atoms. The zero-order chi connectivity index (χ0) is 17.8. The number of carbonyl (C=O) groups is 3. The van der Waals surface area contributed by atoms with Crippen molar-refractivity contribution in [3.8, 4) is 5.75 Å². The summed E-state index contributed by atoms with van der Waals surface area (Å²) in [6, 6.07) is 6.58. The van der Waals surface area contributed by atoms with Crippen molar-refractivity contribution in [3.63, 3.8) is 0 Å². The van der Waals surface area contributed by atoms with Gasteiger partial charge in [-0.1, -0.05) is 23.8 Å². The maximum Gasteiger partial charge on any atom is 0.334 e. The number of allylic oxidation sites excluding steroid dienone is 1. The number of methoxy groups -OCH3 is 1. The average Bonchev–Trinajstić information content (AvgIpc) is 2.84. The van der Waals surface area contributed by atoms with Gasteiger partial charge in [0.2, 0.25) is 0 Å². The third-order valence-corrected chi connectivity index (χ3v) is 4.65. The molecule has 6 nitrogen and oxygen atoms in total. The molecule has 1 heterocycles. The highest BCUT2D eigenvalue weighted by Gasteiger charge is 2.44. The van der Waals surface area contributed by atoms with Crippen LogP contribution < -0.4 is 4.74 Å². The SMILES string of the molecule is COc1cccc(CN2C(=O)C(=O)N(CCC3=CCCCC3)C2=O)c1. The van der Waals surface area contributed by atoms with Gasteiger partial charge in [0.25, 0.3) is 0 Å². The lowest BCUT2D eigenvalue weighted by Crippen LogP contribution is -2.34. The number of hydrogen-bond donors (Lipinski definition) is 0. The summed E-state index contributed by atoms with van der Waals surface area (Å²) in [6.07, 6.45) is 7.24. The van der Waals surface area contributed by atoms with Gasteiger partial charge in [-0.05, 0) is 49.8 Å². The highest BCUT2D eigenvalue weighted by atomic mass is 16.5. The number of benzene rings is 1. The van der Waals surface area contributed by atoms with Crippen molar-refractivity contribution in [1.29, 1.82) is 0 Å². The monoisotopic (exact) mass is 342 g/mol. The smallest absolute Gasteiger partial charge is 0.334 e. The molecule has 0 saturated carbocycles. The highest BCUT2D eigenvalue weighted by molar-refractivity contribution is 6.44. The third-order valence-electron chi connectivity index (χ3n) is 4.65. The number of urea groups is 1. The molecule has 25 heavy (non-hydrogen) atoms. The van der Waals surface area contributed by atoms with Gasteiger partial charge in [-0.3, -0.25) is 19.4 Å². The van der Waals surface area contributed by atoms with Gasteiger partial charge in [-0.15, -0.1) is 0 Å². The minimum absolute atomic E-state index is 0.0692. The van der Waals surface area contributed by atoms with E-state index in [4.69, 9.17) is 4.74 Å². The van der Waals surface area contributed by atoms with Gasteiger partial charge < -0.3 is 4.74 Å². The van der Waals surface area contributed by atoms with E-state index in [-0.39, 0.29) is 13.1 Å². The fraction of sp³-hybridized carbons (Fsp3) is 0.421. The number of carbonyl (C=O) groups excluding carboxylic acids is 3. The van der Waals surface area contributed by atoms with Crippen LogP contribution in [-0.2, 0) is 16.1 Å². The van der Waals surface area contributed by atoms with E-state index in [1.165, 1.54) is 12.0 Å². The van der Waals surface area contributed by atoms with Crippen molar-refractivity contribution in [3.05, 3.63) is 41.5 Å². The number of rotatable bonds is 6. The Morgan fingerprint density at radius 1 is 1.08 bits per heavy atom. The molecular weight excluding hydrogens is 320 g/mol. The van der Waals surface area contributed by atoms with Crippen LogP contribution in [0, 0.1) is 0 Å². The Kier molecular flexibility index (Phi) is 5.16. The topological polar surface area (TPSA) is 66.9 Å². The minimum atomic E-state index is -0.759. The summed E-state index contributed by atoms with van der Waals surface area (Å²) in [5.41, 5.74) is 2.01. The van der Waals surface area contributed by atoms with Gasteiger partial charge in [-0.25, -0.2) is 4.79 Å². The van der Waals surface area contributed by atoms with E-state index in [1.54, 1.807) is 31.4 Å². The largest absolute Gasteiger partial charge is 0.497 e. The molecule has 3 rings (SSSR count). The van der Waals surface area contributed by atoms with Crippen LogP contribution in [0.1, 0.15) is 37.7 Å². The molecule has 0 bridgehead atoms. The Hall–Kier alpha value is -2.63. The normalized spacial score (nSPS) is 18.0. The van der Waals surface area contributed by atoms with E-state index < -0.39 is 17.8 Å². The standard InChI is InChI=1S/C19H22N2O4/c1-25-16-9-5-8-15(12-16)13-21-18(23)17(22)20(19(21)24)11-10-14-6-3-2-4-7-14/h5-6,8-9,12H,2-4,7,10-11,13H2,1H3. The molecule has 1 aromatic carbocycles. The molecule has 0 atom stereocenters. The van der Waals surface area contributed by atoms with Crippen molar-refractivity contribution in [2.24, 2.45) is 0 Å². The van der Waals surface area contributed by atoms with E-state index in [1.807, 2.05) is 0 Å². The van der Waals surface area contributed by atoms with Crippen LogP contribution >= 0.6 is 0 Å². The number of amides is 4. The van der Waals surface area contributed by atoms with Crippen molar-refractivity contribution in [1.82, 2.24) is 9.80 Å². The third kappa shape index (κ3) is 3.73. The summed E-state index contributed by atoms with van der Waals surface area (Å²) >= 11 is 0. The Bertz CT molecular complexity index is 726. The second kappa shape index (κ2) is 7.51. The van der Waals surface area contributed by atoms with Crippen LogP contribution in [0.5, 0.6) is 5.75 Å². The molecule has 1 saturated heterocycles. The maximum absolute atomic E-state index is 12.5. The first-order valence-electron chi connectivity index (χ1n) is 8.58. The van der Waals surface area contributed by atoms with E-state index in [0.29, 0.717) is 12.2 Å². The fourth-order valence-corrected chi connectivity index (χ4v) is 3.23. The lowest BCUT2D eigenvalue weighted by Gasteiger charge is -2.18. The maximum atomic E-state index is 12.5. The second-order valence-corrected chi connectivity index (χ2v) is 6.34. The fourth-order valence-electron chi connectivity index (χ4n) is 3.23. The van der Waals surface area contributed by atoms with Crippen LogP contribution in [0.25, 0.3) is 0 Å². The van der Waals surface area contributed by atoms with Crippen LogP contribution in [0.15, 0.2) is 35.9 Å². The predicted molar refractivity (Wildman–Crippen MR) is 91.8 cm³/mol. The van der Waals surface area contributed by atoms with Crippen LogP contribution in [-0.4, -0.2) is 41.3 Å². The van der Waals surface area contributed by atoms with Gasteiger partial charge in [0, 0.05) is 6.54 Å². The Labute approximate surface area is 147 Å². The molecule has 0 radical (unpaired) electrons. The molecule has 0 N–H and O–H groups in total. The van der Waals surface area contributed by atoms with Crippen molar-refractivity contribution >= 4 is 17.8 Å². The van der Waals surface area contributed by atoms with Crippen molar-refractivity contribution in [2.75, 3.05) is 13.7 Å². The van der Waals surface area contributed by atoms with Crippen LogP contribution in [0.4, 0.5) is 4.79 Å². The van der Waals surface area contributed by atoms with Crippen molar-refractivity contribution in [2.45, 2.75) is 38.6 Å². The molecular formula is C19H22N2O4. The minimum Gasteiger partial charge on any atom is -0.497 e. The zero-order valence-electron chi connectivity index (χ0n) is 14.4. The Morgan fingerprint density at radius 3 is 2.60 bits per heavy atom. The van der Waals surface area contributed by atoms with E-state index in [2.05, 4.69) is 6.08 Å². The summed E-state index contributed by atoms with van der Waals surface area (Å²) < 4.78 is 5.15. The van der Waals surface area contributed by atoms with Crippen molar-refractivity contribution < 1.29 is 19.1 Å². The molecule has 6 heteroatoms. The molecule has 4 amide bonds. The van der Waals surface area contributed by atoms with Crippen LogP contribution in [0.3, 0.4) is 0 Å². The lowest BCUT2D eigenvalue weighted by atomic mass is 9.97. The highest BCUT2D eigenvalue weighted by Crippen LogP contribution is 2.23. The lowest BCUT2D eigenvalue weighted by molar-refractivity contribution is -0.143. The first-order valence-corrected chi connectivity index (χ1v) is 8.58. The van der Waals surface area contributed by atoms with E-state index in [9.17, 15) is 14.4 Å². The summed E-state index contributed by atoms with van der Waals surface area (Å²) in [7, 11) is 1.55. The average molecular weight is 342 g/mol. The molecule has 0 unspecified atom stereocenters. The molecule has 2 aliphatic rings. The molecule has 0 aromatic heterocycles. The van der Waals surface area contributed by atoms with Crippen LogP contribution in [0.2, 0.25) is 0 Å². The quantitative estimate of drug-likeness (QED) is 0.453. The molecule has 1 fully saturated rings. The van der Waals surface area contributed by atoms with Gasteiger partial charge in [0.1, 0.15) is 5.75 Å². The zero-order valence-corrected chi connectivity index (χ0v) is 14.4. The molecule has 1 aliphatic carbocycles. The number of ether oxygens (including phenoxy) is 1. The van der Waals surface area contributed by atoms with Gasteiger partial charge >= 0.3 is 17.8 Å². The summed E-state index contributed by atoms with van der Waals surface area (Å²) in [5, 5.41) is 0. The van der Waals surface area contributed by atoms with E-state index >= 15 is 0 Å². The summed E-state index contributed by atoms with van der Waals surface area (Å²) in [5.74, 6) is -0.848. The summed E-state index contributed by atoms with van der Waals surface area (Å²) in [6.45, 7) is 0.337. The Balaban J connectivity index is 1.67. The first kappa shape index (κ1) is 17.2. The van der Waals surface area contributed by atoms with E-state index in [0.717, 1.165) is 34.6 Å². The van der Waals surface area contributed by atoms with Gasteiger partial charge in [0.15, 0.2) is 0 Å². The number of hydrogen-bond acceptors (Lipinski definition) is 4. The molecule has 1 aliphatic heterocycles.